The summed E-state index contributed by atoms with van der Waals surface area (Å²) in [5.41, 5.74) is 1.34. The number of carbonyl (C=O) groups is 1. The van der Waals surface area contributed by atoms with Gasteiger partial charge in [0.1, 0.15) is 17.9 Å². The van der Waals surface area contributed by atoms with Crippen LogP contribution < -0.4 is 5.63 Å². The third-order valence-corrected chi connectivity index (χ3v) is 3.83. The van der Waals surface area contributed by atoms with E-state index in [1.807, 2.05) is 6.07 Å². The van der Waals surface area contributed by atoms with Crippen molar-refractivity contribution in [2.75, 3.05) is 0 Å². The van der Waals surface area contributed by atoms with Crippen LogP contribution >= 0.6 is 0 Å². The second-order valence-corrected chi connectivity index (χ2v) is 5.44. The minimum Gasteiger partial charge on any atom is -0.508 e. The first kappa shape index (κ1) is 16.3. The maximum Gasteiger partial charge on any atom is 0.338 e. The summed E-state index contributed by atoms with van der Waals surface area (Å²) in [5.74, 6) is -0.552. The van der Waals surface area contributed by atoms with Gasteiger partial charge >= 0.3 is 11.6 Å². The van der Waals surface area contributed by atoms with Gasteiger partial charge in [-0.05, 0) is 43.3 Å². The number of hydrogen-bond acceptors (Lipinski definition) is 6. The Bertz CT molecular complexity index is 1060. The summed E-state index contributed by atoms with van der Waals surface area (Å²) < 4.78 is 10.4. The molecule has 25 heavy (non-hydrogen) atoms. The quantitative estimate of drug-likeness (QED) is 0.583. The van der Waals surface area contributed by atoms with Crippen LogP contribution in [0.15, 0.2) is 51.7 Å². The van der Waals surface area contributed by atoms with Gasteiger partial charge < -0.3 is 14.3 Å². The lowest BCUT2D eigenvalue weighted by molar-refractivity contribution is 0.0474. The van der Waals surface area contributed by atoms with Crippen molar-refractivity contribution >= 4 is 16.9 Å². The number of benzene rings is 2. The van der Waals surface area contributed by atoms with Gasteiger partial charge in [0, 0.05) is 22.6 Å². The second kappa shape index (κ2) is 6.49. The highest BCUT2D eigenvalue weighted by atomic mass is 16.5. The van der Waals surface area contributed by atoms with Gasteiger partial charge in [0.05, 0.1) is 17.2 Å². The Morgan fingerprint density at radius 3 is 2.64 bits per heavy atom. The Kier molecular flexibility index (Phi) is 4.23. The summed E-state index contributed by atoms with van der Waals surface area (Å²) in [5, 5.41) is 19.1. The molecule has 0 radical (unpaired) electrons. The lowest BCUT2D eigenvalue weighted by atomic mass is 10.1. The van der Waals surface area contributed by atoms with Crippen LogP contribution in [0.25, 0.3) is 11.0 Å². The molecule has 0 unspecified atom stereocenters. The molecule has 2 aromatic carbocycles. The average molecular weight is 335 g/mol. The van der Waals surface area contributed by atoms with E-state index in [1.54, 1.807) is 13.0 Å². The molecule has 3 rings (SSSR count). The fourth-order valence-electron chi connectivity index (χ4n) is 2.44. The smallest absolute Gasteiger partial charge is 0.338 e. The molecule has 0 saturated carbocycles. The maximum atomic E-state index is 12.1. The molecule has 0 spiro atoms. The number of esters is 1. The van der Waals surface area contributed by atoms with Crippen LogP contribution in [-0.2, 0) is 11.3 Å². The zero-order chi connectivity index (χ0) is 18.0. The topological polar surface area (TPSA) is 101 Å². The van der Waals surface area contributed by atoms with Gasteiger partial charge in [0.2, 0.25) is 0 Å². The Morgan fingerprint density at radius 1 is 1.24 bits per heavy atom. The van der Waals surface area contributed by atoms with Gasteiger partial charge in [-0.2, -0.15) is 5.26 Å². The monoisotopic (exact) mass is 335 g/mol. The SMILES string of the molecule is Cc1c(O)ccc2c(COC(=O)c3ccc(C#N)cc3)cc(=O)oc12. The molecule has 0 aliphatic heterocycles. The number of carbonyl (C=O) groups excluding carboxylic acids is 1. The zero-order valence-electron chi connectivity index (χ0n) is 13.3. The Balaban J connectivity index is 1.88. The number of phenolic OH excluding ortho intramolecular Hbond substituents is 1. The first-order chi connectivity index (χ1) is 12.0. The van der Waals surface area contributed by atoms with Crippen LogP contribution in [0.1, 0.15) is 27.0 Å². The van der Waals surface area contributed by atoms with Gasteiger partial charge in [-0.1, -0.05) is 0 Å². The molecule has 124 valence electrons. The van der Waals surface area contributed by atoms with Crippen LogP contribution in [-0.4, -0.2) is 11.1 Å². The van der Waals surface area contributed by atoms with Crippen molar-refractivity contribution in [1.29, 1.82) is 5.26 Å². The van der Waals surface area contributed by atoms with Gasteiger partial charge in [0.15, 0.2) is 0 Å². The van der Waals surface area contributed by atoms with Crippen molar-refractivity contribution in [2.45, 2.75) is 13.5 Å². The molecule has 0 atom stereocenters. The van der Waals surface area contributed by atoms with Crippen molar-refractivity contribution in [3.63, 3.8) is 0 Å². The van der Waals surface area contributed by atoms with Crippen molar-refractivity contribution in [3.05, 3.63) is 75.1 Å². The number of aryl methyl sites for hydroxylation is 1. The molecule has 1 heterocycles. The van der Waals surface area contributed by atoms with Crippen molar-refractivity contribution < 1.29 is 19.1 Å². The fraction of sp³-hybridized carbons (Fsp3) is 0.105. The van der Waals surface area contributed by atoms with E-state index in [1.165, 1.54) is 36.4 Å². The summed E-state index contributed by atoms with van der Waals surface area (Å²) in [7, 11) is 0. The maximum absolute atomic E-state index is 12.1. The van der Waals surface area contributed by atoms with E-state index in [-0.39, 0.29) is 17.9 Å². The molecule has 0 fully saturated rings. The summed E-state index contributed by atoms with van der Waals surface area (Å²) in [6, 6.07) is 12.4. The molecule has 0 aliphatic rings. The number of nitriles is 1. The third kappa shape index (κ3) is 3.21. The number of fused-ring (bicyclic) bond motifs is 1. The van der Waals surface area contributed by atoms with E-state index in [0.717, 1.165) is 0 Å². The van der Waals surface area contributed by atoms with Crippen LogP contribution in [0.2, 0.25) is 0 Å². The number of hydrogen-bond donors (Lipinski definition) is 1. The number of nitrogens with zero attached hydrogens (tertiary/aromatic N) is 1. The minimum atomic E-state index is -0.592. The lowest BCUT2D eigenvalue weighted by Crippen LogP contribution is -2.08. The highest BCUT2D eigenvalue weighted by Crippen LogP contribution is 2.27. The third-order valence-electron chi connectivity index (χ3n) is 3.83. The standard InChI is InChI=1S/C19H13NO5/c1-11-16(21)7-6-15-14(8-17(22)25-18(11)15)10-24-19(23)13-4-2-12(9-20)3-5-13/h2-8,21H,10H2,1H3. The first-order valence-corrected chi connectivity index (χ1v) is 7.42. The normalized spacial score (nSPS) is 10.4. The van der Waals surface area contributed by atoms with E-state index in [9.17, 15) is 14.7 Å². The number of phenols is 1. The van der Waals surface area contributed by atoms with Crippen LogP contribution in [0.4, 0.5) is 0 Å². The molecule has 0 saturated heterocycles. The summed E-state index contributed by atoms with van der Waals surface area (Å²) in [6.45, 7) is 1.51. The molecule has 6 nitrogen and oxygen atoms in total. The fourth-order valence-corrected chi connectivity index (χ4v) is 2.44. The van der Waals surface area contributed by atoms with Crippen molar-refractivity contribution in [3.8, 4) is 11.8 Å². The van der Waals surface area contributed by atoms with Crippen LogP contribution in [0.5, 0.6) is 5.75 Å². The Labute approximate surface area is 142 Å². The summed E-state index contributed by atoms with van der Waals surface area (Å²) in [4.78, 5) is 23.8. The van der Waals surface area contributed by atoms with E-state index >= 15 is 0 Å². The van der Waals surface area contributed by atoms with Gasteiger partial charge in [-0.15, -0.1) is 0 Å². The average Bonchev–Trinajstić information content (AvgIpc) is 2.63. The van der Waals surface area contributed by atoms with E-state index < -0.39 is 11.6 Å². The van der Waals surface area contributed by atoms with Gasteiger partial charge in [-0.3, -0.25) is 0 Å². The minimum absolute atomic E-state index is 0.0161. The molecule has 3 aromatic rings. The molecule has 0 aliphatic carbocycles. The Hall–Kier alpha value is -3.59. The molecule has 0 bridgehead atoms. The first-order valence-electron chi connectivity index (χ1n) is 7.42. The van der Waals surface area contributed by atoms with Crippen molar-refractivity contribution in [1.82, 2.24) is 0 Å². The van der Waals surface area contributed by atoms with Crippen LogP contribution in [0.3, 0.4) is 0 Å². The second-order valence-electron chi connectivity index (χ2n) is 5.44. The largest absolute Gasteiger partial charge is 0.508 e. The highest BCUT2D eigenvalue weighted by Gasteiger charge is 2.13. The molecule has 0 amide bonds. The molecule has 6 heteroatoms. The zero-order valence-corrected chi connectivity index (χ0v) is 13.3. The molecule has 1 aromatic heterocycles. The number of aromatic hydroxyl groups is 1. The van der Waals surface area contributed by atoms with E-state index in [2.05, 4.69) is 0 Å². The summed E-state index contributed by atoms with van der Waals surface area (Å²) >= 11 is 0. The molecular weight excluding hydrogens is 322 g/mol. The van der Waals surface area contributed by atoms with Gasteiger partial charge in [-0.25, -0.2) is 9.59 Å². The number of ether oxygens (including phenoxy) is 1. The van der Waals surface area contributed by atoms with Gasteiger partial charge in [0.25, 0.3) is 0 Å². The summed E-state index contributed by atoms with van der Waals surface area (Å²) in [6.07, 6.45) is 0. The predicted octanol–water partition coefficient (Wildman–Crippen LogP) is 3.04. The Morgan fingerprint density at radius 2 is 1.96 bits per heavy atom. The molecule has 1 N–H and O–H groups in total. The van der Waals surface area contributed by atoms with E-state index in [4.69, 9.17) is 14.4 Å². The predicted molar refractivity (Wildman–Crippen MR) is 89.2 cm³/mol. The van der Waals surface area contributed by atoms with Crippen molar-refractivity contribution in [2.24, 2.45) is 0 Å². The molecular formula is C19H13NO5. The van der Waals surface area contributed by atoms with Crippen LogP contribution in [0, 0.1) is 18.3 Å². The highest BCUT2D eigenvalue weighted by molar-refractivity contribution is 5.90. The van der Waals surface area contributed by atoms with E-state index in [0.29, 0.717) is 27.6 Å². The lowest BCUT2D eigenvalue weighted by Gasteiger charge is -2.09. The number of rotatable bonds is 3.